The van der Waals surface area contributed by atoms with Crippen molar-refractivity contribution in [3.05, 3.63) is 45.6 Å². The second kappa shape index (κ2) is 3.81. The van der Waals surface area contributed by atoms with Crippen LogP contribution >= 0.6 is 0 Å². The van der Waals surface area contributed by atoms with E-state index in [4.69, 9.17) is 5.73 Å². The molecule has 1 aliphatic heterocycles. The van der Waals surface area contributed by atoms with Gasteiger partial charge < -0.3 is 10.6 Å². The summed E-state index contributed by atoms with van der Waals surface area (Å²) in [5.41, 5.74) is 8.84. The number of hydrogen-bond donors (Lipinski definition) is 1. The highest BCUT2D eigenvalue weighted by Gasteiger charge is 2.39. The first-order chi connectivity index (χ1) is 8.30. The van der Waals surface area contributed by atoms with Crippen LogP contribution in [0, 0.1) is 10.1 Å². The van der Waals surface area contributed by atoms with E-state index < -0.39 is 0 Å². The zero-order valence-corrected chi connectivity index (χ0v) is 10.9. The van der Waals surface area contributed by atoms with E-state index in [0.29, 0.717) is 5.56 Å². The van der Waals surface area contributed by atoms with Crippen LogP contribution in [-0.2, 0) is 12.0 Å². The molecule has 0 saturated carbocycles. The SMILES string of the molecule is C=C1N(C)c2cc([N+](=O)[O-])c(CN)cc2C1(C)C. The number of rotatable bonds is 2. The molecular formula is C13H17N3O2. The number of nitrogens with zero attached hydrogens (tertiary/aromatic N) is 2. The Morgan fingerprint density at radius 3 is 2.61 bits per heavy atom. The summed E-state index contributed by atoms with van der Waals surface area (Å²) in [6.07, 6.45) is 0. The standard InChI is InChI=1S/C13H17N3O2/c1-8-13(2,3)10-5-9(7-14)11(16(17)18)6-12(10)15(8)4/h5-6H,1,7,14H2,2-4H3. The van der Waals surface area contributed by atoms with E-state index in [1.807, 2.05) is 18.0 Å². The number of nitrogens with two attached hydrogens (primary N) is 1. The number of nitro groups is 1. The molecule has 0 amide bonds. The zero-order valence-electron chi connectivity index (χ0n) is 10.9. The second-order valence-corrected chi connectivity index (χ2v) is 5.09. The number of hydrogen-bond acceptors (Lipinski definition) is 4. The summed E-state index contributed by atoms with van der Waals surface area (Å²) in [5.74, 6) is 0. The molecular weight excluding hydrogens is 230 g/mol. The summed E-state index contributed by atoms with van der Waals surface area (Å²) >= 11 is 0. The molecule has 1 heterocycles. The lowest BCUT2D eigenvalue weighted by atomic mass is 9.83. The van der Waals surface area contributed by atoms with E-state index in [-0.39, 0.29) is 22.6 Å². The minimum atomic E-state index is -0.385. The van der Waals surface area contributed by atoms with Crippen molar-refractivity contribution in [2.24, 2.45) is 5.73 Å². The quantitative estimate of drug-likeness (QED) is 0.643. The van der Waals surface area contributed by atoms with Crippen LogP contribution < -0.4 is 10.6 Å². The van der Waals surface area contributed by atoms with Gasteiger partial charge >= 0.3 is 0 Å². The van der Waals surface area contributed by atoms with E-state index in [1.54, 1.807) is 6.07 Å². The predicted molar refractivity (Wildman–Crippen MR) is 71.6 cm³/mol. The van der Waals surface area contributed by atoms with E-state index in [0.717, 1.165) is 16.9 Å². The van der Waals surface area contributed by atoms with Crippen molar-refractivity contribution in [3.8, 4) is 0 Å². The molecule has 0 aromatic heterocycles. The Hall–Kier alpha value is -1.88. The van der Waals surface area contributed by atoms with Gasteiger partial charge in [-0.15, -0.1) is 0 Å². The van der Waals surface area contributed by atoms with Crippen LogP contribution in [0.3, 0.4) is 0 Å². The molecule has 96 valence electrons. The number of anilines is 1. The molecule has 0 aliphatic carbocycles. The minimum Gasteiger partial charge on any atom is -0.347 e. The summed E-state index contributed by atoms with van der Waals surface area (Å²) in [4.78, 5) is 12.6. The lowest BCUT2D eigenvalue weighted by Gasteiger charge is -2.22. The molecule has 0 atom stereocenters. The molecule has 2 rings (SSSR count). The van der Waals surface area contributed by atoms with Crippen LogP contribution in [-0.4, -0.2) is 12.0 Å². The smallest absolute Gasteiger partial charge is 0.275 e. The number of allylic oxidation sites excluding steroid dienone is 1. The van der Waals surface area contributed by atoms with Gasteiger partial charge in [-0.2, -0.15) is 0 Å². The number of likely N-dealkylation sites (N-methyl/N-ethyl adjacent to an activating group) is 1. The maximum Gasteiger partial charge on any atom is 0.275 e. The third-order valence-electron chi connectivity index (χ3n) is 3.77. The molecule has 0 unspecified atom stereocenters. The monoisotopic (exact) mass is 247 g/mol. The first-order valence-corrected chi connectivity index (χ1v) is 5.75. The molecule has 0 radical (unpaired) electrons. The Morgan fingerprint density at radius 2 is 2.11 bits per heavy atom. The molecule has 0 saturated heterocycles. The summed E-state index contributed by atoms with van der Waals surface area (Å²) < 4.78 is 0. The maximum atomic E-state index is 11.0. The highest BCUT2D eigenvalue weighted by molar-refractivity contribution is 5.73. The fourth-order valence-electron chi connectivity index (χ4n) is 2.45. The van der Waals surface area contributed by atoms with Crippen LogP contribution in [0.25, 0.3) is 0 Å². The highest BCUT2D eigenvalue weighted by Crippen LogP contribution is 2.48. The highest BCUT2D eigenvalue weighted by atomic mass is 16.6. The van der Waals surface area contributed by atoms with Gasteiger partial charge in [0.05, 0.1) is 10.6 Å². The normalized spacial score (nSPS) is 16.9. The molecule has 0 spiro atoms. The largest absolute Gasteiger partial charge is 0.347 e. The van der Waals surface area contributed by atoms with Crippen molar-refractivity contribution in [2.75, 3.05) is 11.9 Å². The predicted octanol–water partition coefficient (Wildman–Crippen LogP) is 2.29. The molecule has 5 nitrogen and oxygen atoms in total. The first kappa shape index (κ1) is 12.6. The zero-order chi connectivity index (χ0) is 13.7. The van der Waals surface area contributed by atoms with E-state index >= 15 is 0 Å². The molecule has 1 aliphatic rings. The van der Waals surface area contributed by atoms with Gasteiger partial charge in [0.1, 0.15) is 0 Å². The Bertz CT molecular complexity index is 549. The van der Waals surface area contributed by atoms with Crippen molar-refractivity contribution in [1.29, 1.82) is 0 Å². The Balaban J connectivity index is 2.73. The molecule has 5 heteroatoms. The average Bonchev–Trinajstić information content (AvgIpc) is 2.49. The first-order valence-electron chi connectivity index (χ1n) is 5.75. The van der Waals surface area contributed by atoms with Gasteiger partial charge in [-0.05, 0) is 11.6 Å². The Kier molecular flexibility index (Phi) is 2.66. The molecule has 1 aromatic rings. The summed E-state index contributed by atoms with van der Waals surface area (Å²) in [6.45, 7) is 8.34. The van der Waals surface area contributed by atoms with Crippen LogP contribution in [0.4, 0.5) is 11.4 Å². The third-order valence-corrected chi connectivity index (χ3v) is 3.77. The lowest BCUT2D eigenvalue weighted by molar-refractivity contribution is -0.385. The van der Waals surface area contributed by atoms with Gasteiger partial charge in [-0.1, -0.05) is 20.4 Å². The summed E-state index contributed by atoms with van der Waals surface area (Å²) in [7, 11) is 1.88. The lowest BCUT2D eigenvalue weighted by Crippen LogP contribution is -2.21. The minimum absolute atomic E-state index is 0.0774. The van der Waals surface area contributed by atoms with Gasteiger partial charge in [0.15, 0.2) is 0 Å². The van der Waals surface area contributed by atoms with E-state index in [2.05, 4.69) is 20.4 Å². The van der Waals surface area contributed by atoms with E-state index in [9.17, 15) is 10.1 Å². The molecule has 0 bridgehead atoms. The molecule has 1 aromatic carbocycles. The van der Waals surface area contributed by atoms with Gasteiger partial charge in [0, 0.05) is 36.3 Å². The summed E-state index contributed by atoms with van der Waals surface area (Å²) in [6, 6.07) is 3.43. The Morgan fingerprint density at radius 1 is 1.50 bits per heavy atom. The van der Waals surface area contributed by atoms with Gasteiger partial charge in [0.25, 0.3) is 5.69 Å². The van der Waals surface area contributed by atoms with Crippen molar-refractivity contribution >= 4 is 11.4 Å². The topological polar surface area (TPSA) is 72.4 Å². The van der Waals surface area contributed by atoms with Crippen molar-refractivity contribution < 1.29 is 4.92 Å². The molecule has 0 fully saturated rings. The van der Waals surface area contributed by atoms with Crippen molar-refractivity contribution in [2.45, 2.75) is 25.8 Å². The van der Waals surface area contributed by atoms with Crippen LogP contribution in [0.15, 0.2) is 24.4 Å². The third kappa shape index (κ3) is 1.51. The Labute approximate surface area is 106 Å². The summed E-state index contributed by atoms with van der Waals surface area (Å²) in [5, 5.41) is 11.0. The van der Waals surface area contributed by atoms with Gasteiger partial charge in [-0.25, -0.2) is 0 Å². The van der Waals surface area contributed by atoms with Crippen molar-refractivity contribution in [3.63, 3.8) is 0 Å². The van der Waals surface area contributed by atoms with Crippen LogP contribution in [0.2, 0.25) is 0 Å². The van der Waals surface area contributed by atoms with Crippen molar-refractivity contribution in [1.82, 2.24) is 0 Å². The van der Waals surface area contributed by atoms with Crippen LogP contribution in [0.1, 0.15) is 25.0 Å². The fourth-order valence-corrected chi connectivity index (χ4v) is 2.45. The number of benzene rings is 1. The average molecular weight is 247 g/mol. The van der Waals surface area contributed by atoms with Gasteiger partial charge in [0.2, 0.25) is 0 Å². The number of fused-ring (bicyclic) bond motifs is 1. The van der Waals surface area contributed by atoms with Gasteiger partial charge in [-0.3, -0.25) is 10.1 Å². The second-order valence-electron chi connectivity index (χ2n) is 5.09. The molecule has 18 heavy (non-hydrogen) atoms. The van der Waals surface area contributed by atoms with E-state index in [1.165, 1.54) is 0 Å². The number of nitro benzene ring substituents is 1. The maximum absolute atomic E-state index is 11.0. The molecule has 2 N–H and O–H groups in total. The fraction of sp³-hybridized carbons (Fsp3) is 0.385. The van der Waals surface area contributed by atoms with Crippen LogP contribution in [0.5, 0.6) is 0 Å².